The third-order valence-corrected chi connectivity index (χ3v) is 3.01. The van der Waals surface area contributed by atoms with Gasteiger partial charge in [-0.15, -0.1) is 0 Å². The van der Waals surface area contributed by atoms with Crippen LogP contribution in [-0.4, -0.2) is 24.0 Å². The fraction of sp³-hybridized carbons (Fsp3) is 0.125. The summed E-state index contributed by atoms with van der Waals surface area (Å²) in [6, 6.07) is 11.8. The quantitative estimate of drug-likeness (QED) is 0.866. The first kappa shape index (κ1) is 13.8. The molecule has 0 radical (unpaired) electrons. The van der Waals surface area contributed by atoms with Crippen molar-refractivity contribution >= 4 is 11.8 Å². The summed E-state index contributed by atoms with van der Waals surface area (Å²) in [5.41, 5.74) is 2.35. The van der Waals surface area contributed by atoms with Gasteiger partial charge in [-0.3, -0.25) is 4.79 Å². The van der Waals surface area contributed by atoms with Crippen LogP contribution < -0.4 is 4.74 Å². The lowest BCUT2D eigenvalue weighted by atomic mass is 10.0. The van der Waals surface area contributed by atoms with Gasteiger partial charge in [0.15, 0.2) is 5.78 Å². The highest BCUT2D eigenvalue weighted by molar-refractivity contribution is 5.94. The van der Waals surface area contributed by atoms with Crippen LogP contribution in [0.25, 0.3) is 11.1 Å². The summed E-state index contributed by atoms with van der Waals surface area (Å²) < 4.78 is 5.11. The molecule has 0 aliphatic carbocycles. The molecule has 2 aromatic rings. The predicted molar refractivity (Wildman–Crippen MR) is 75.4 cm³/mol. The Morgan fingerprint density at radius 1 is 0.950 bits per heavy atom. The predicted octanol–water partition coefficient (Wildman–Crippen LogP) is 3.26. The number of ketones is 1. The van der Waals surface area contributed by atoms with Crippen LogP contribution in [-0.2, 0) is 0 Å². The molecule has 0 saturated carbocycles. The number of rotatable bonds is 4. The number of carbonyl (C=O) groups is 2. The van der Waals surface area contributed by atoms with Crippen molar-refractivity contribution in [3.05, 3.63) is 53.6 Å². The summed E-state index contributed by atoms with van der Waals surface area (Å²) in [7, 11) is 1.49. The molecule has 0 saturated heterocycles. The Balaban J connectivity index is 2.48. The van der Waals surface area contributed by atoms with E-state index < -0.39 is 5.97 Å². The van der Waals surface area contributed by atoms with Crippen molar-refractivity contribution in [1.82, 2.24) is 0 Å². The Bertz CT molecular complexity index is 657. The second-order valence-corrected chi connectivity index (χ2v) is 4.39. The van der Waals surface area contributed by atoms with Crippen molar-refractivity contribution in [2.75, 3.05) is 7.11 Å². The molecule has 0 aromatic heterocycles. The molecule has 102 valence electrons. The molecule has 1 N–H and O–H groups in total. The molecule has 0 aliphatic heterocycles. The van der Waals surface area contributed by atoms with Crippen molar-refractivity contribution < 1.29 is 19.4 Å². The Labute approximate surface area is 116 Å². The Kier molecular flexibility index (Phi) is 3.84. The van der Waals surface area contributed by atoms with Gasteiger partial charge in [0, 0.05) is 5.56 Å². The lowest BCUT2D eigenvalue weighted by Crippen LogP contribution is -1.98. The van der Waals surface area contributed by atoms with Crippen LogP contribution in [0.3, 0.4) is 0 Å². The number of carboxylic acid groups (broad SMARTS) is 1. The minimum Gasteiger partial charge on any atom is -0.497 e. The standard InChI is InChI=1S/C16H14O4/c1-10(17)11-3-5-12(6-4-11)13-7-14(16(18)19)9-15(8-13)20-2/h3-9H,1-2H3,(H,18,19). The van der Waals surface area contributed by atoms with Crippen molar-refractivity contribution in [3.63, 3.8) is 0 Å². The zero-order chi connectivity index (χ0) is 14.7. The average Bonchev–Trinajstić information content (AvgIpc) is 2.46. The summed E-state index contributed by atoms with van der Waals surface area (Å²) in [4.78, 5) is 22.3. The molecule has 0 bridgehead atoms. The van der Waals surface area contributed by atoms with Crippen LogP contribution in [0.2, 0.25) is 0 Å². The molecule has 4 heteroatoms. The van der Waals surface area contributed by atoms with Crippen LogP contribution in [0, 0.1) is 0 Å². The molecule has 0 fully saturated rings. The van der Waals surface area contributed by atoms with E-state index in [1.807, 2.05) is 0 Å². The van der Waals surface area contributed by atoms with Crippen molar-refractivity contribution in [3.8, 4) is 16.9 Å². The van der Waals surface area contributed by atoms with Gasteiger partial charge in [-0.25, -0.2) is 4.79 Å². The summed E-state index contributed by atoms with van der Waals surface area (Å²) in [6.45, 7) is 1.50. The zero-order valence-electron chi connectivity index (χ0n) is 11.2. The summed E-state index contributed by atoms with van der Waals surface area (Å²) >= 11 is 0. The molecular weight excluding hydrogens is 256 g/mol. The van der Waals surface area contributed by atoms with E-state index in [0.29, 0.717) is 11.3 Å². The number of methoxy groups -OCH3 is 1. The van der Waals surface area contributed by atoms with E-state index in [1.165, 1.54) is 20.1 Å². The number of aromatic carboxylic acids is 1. The monoisotopic (exact) mass is 270 g/mol. The first-order chi connectivity index (χ1) is 9.51. The summed E-state index contributed by atoms with van der Waals surface area (Å²) in [5, 5.41) is 9.09. The Hall–Kier alpha value is -2.62. The zero-order valence-corrected chi connectivity index (χ0v) is 11.2. The van der Waals surface area contributed by atoms with Crippen molar-refractivity contribution in [2.24, 2.45) is 0 Å². The van der Waals surface area contributed by atoms with Gasteiger partial charge >= 0.3 is 5.97 Å². The van der Waals surface area contributed by atoms with Gasteiger partial charge in [0.25, 0.3) is 0 Å². The van der Waals surface area contributed by atoms with Gasteiger partial charge in [0.05, 0.1) is 12.7 Å². The lowest BCUT2D eigenvalue weighted by molar-refractivity contribution is 0.0696. The van der Waals surface area contributed by atoms with E-state index in [4.69, 9.17) is 9.84 Å². The molecule has 0 amide bonds. The van der Waals surface area contributed by atoms with Crippen LogP contribution in [0.5, 0.6) is 5.75 Å². The molecule has 0 aliphatic rings. The maximum absolute atomic E-state index is 11.2. The number of ether oxygens (including phenoxy) is 1. The number of hydrogen-bond donors (Lipinski definition) is 1. The topological polar surface area (TPSA) is 63.6 Å². The van der Waals surface area contributed by atoms with E-state index in [2.05, 4.69) is 0 Å². The van der Waals surface area contributed by atoms with E-state index in [-0.39, 0.29) is 11.3 Å². The molecule has 0 spiro atoms. The van der Waals surface area contributed by atoms with Crippen LogP contribution in [0.1, 0.15) is 27.6 Å². The highest BCUT2D eigenvalue weighted by Crippen LogP contribution is 2.26. The highest BCUT2D eigenvalue weighted by atomic mass is 16.5. The molecule has 20 heavy (non-hydrogen) atoms. The van der Waals surface area contributed by atoms with Gasteiger partial charge in [0.2, 0.25) is 0 Å². The highest BCUT2D eigenvalue weighted by Gasteiger charge is 2.09. The normalized spacial score (nSPS) is 10.1. The number of Topliss-reactive ketones (excluding diaryl/α,β-unsaturated/α-hetero) is 1. The van der Waals surface area contributed by atoms with Gasteiger partial charge in [-0.05, 0) is 36.2 Å². The number of carbonyl (C=O) groups excluding carboxylic acids is 1. The first-order valence-corrected chi connectivity index (χ1v) is 6.05. The molecule has 2 rings (SSSR count). The number of benzene rings is 2. The number of hydrogen-bond acceptors (Lipinski definition) is 3. The smallest absolute Gasteiger partial charge is 0.335 e. The molecule has 4 nitrogen and oxygen atoms in total. The van der Waals surface area contributed by atoms with Crippen LogP contribution in [0.15, 0.2) is 42.5 Å². The third kappa shape index (κ3) is 2.85. The van der Waals surface area contributed by atoms with Crippen molar-refractivity contribution in [1.29, 1.82) is 0 Å². The molecule has 0 heterocycles. The average molecular weight is 270 g/mol. The second kappa shape index (κ2) is 5.57. The van der Waals surface area contributed by atoms with Gasteiger partial charge < -0.3 is 9.84 Å². The van der Waals surface area contributed by atoms with Crippen LogP contribution >= 0.6 is 0 Å². The van der Waals surface area contributed by atoms with E-state index >= 15 is 0 Å². The second-order valence-electron chi connectivity index (χ2n) is 4.39. The molecular formula is C16H14O4. The number of carboxylic acids is 1. The maximum Gasteiger partial charge on any atom is 0.335 e. The van der Waals surface area contributed by atoms with Gasteiger partial charge in [-0.1, -0.05) is 24.3 Å². The van der Waals surface area contributed by atoms with Gasteiger partial charge in [-0.2, -0.15) is 0 Å². The maximum atomic E-state index is 11.2. The minimum absolute atomic E-state index is 0.00610. The van der Waals surface area contributed by atoms with E-state index in [1.54, 1.807) is 36.4 Å². The molecule has 0 atom stereocenters. The largest absolute Gasteiger partial charge is 0.497 e. The first-order valence-electron chi connectivity index (χ1n) is 6.05. The third-order valence-electron chi connectivity index (χ3n) is 3.01. The van der Waals surface area contributed by atoms with E-state index in [0.717, 1.165) is 11.1 Å². The molecule has 0 unspecified atom stereocenters. The van der Waals surface area contributed by atoms with Gasteiger partial charge in [0.1, 0.15) is 5.75 Å². The fourth-order valence-electron chi connectivity index (χ4n) is 1.90. The lowest BCUT2D eigenvalue weighted by Gasteiger charge is -2.07. The van der Waals surface area contributed by atoms with Crippen molar-refractivity contribution in [2.45, 2.75) is 6.92 Å². The summed E-state index contributed by atoms with van der Waals surface area (Å²) in [5.74, 6) is -0.533. The SMILES string of the molecule is COc1cc(C(=O)O)cc(-c2ccc(C(C)=O)cc2)c1. The minimum atomic E-state index is -1.01. The summed E-state index contributed by atoms with van der Waals surface area (Å²) in [6.07, 6.45) is 0. The van der Waals surface area contributed by atoms with Crippen LogP contribution in [0.4, 0.5) is 0 Å². The Morgan fingerprint density at radius 2 is 1.60 bits per heavy atom. The molecule has 2 aromatic carbocycles. The fourth-order valence-corrected chi connectivity index (χ4v) is 1.90. The van der Waals surface area contributed by atoms with E-state index in [9.17, 15) is 9.59 Å². The Morgan fingerprint density at radius 3 is 2.10 bits per heavy atom.